The number of hydrogen-bond acceptors (Lipinski definition) is 3. The minimum absolute atomic E-state index is 0.241. The van der Waals surface area contributed by atoms with Crippen LogP contribution in [0.25, 0.3) is 0 Å². The summed E-state index contributed by atoms with van der Waals surface area (Å²) in [5.74, 6) is -0.241. The molecule has 0 saturated heterocycles. The molecule has 1 amide bonds. The lowest BCUT2D eigenvalue weighted by Gasteiger charge is -1.94. The van der Waals surface area contributed by atoms with E-state index in [1.165, 1.54) is 4.88 Å². The van der Waals surface area contributed by atoms with Crippen molar-refractivity contribution >= 4 is 23.5 Å². The van der Waals surface area contributed by atoms with E-state index < -0.39 is 0 Å². The van der Waals surface area contributed by atoms with Gasteiger partial charge in [0.2, 0.25) is 0 Å². The van der Waals surface area contributed by atoms with E-state index in [1.54, 1.807) is 35.9 Å². The molecule has 82 valence electrons. The van der Waals surface area contributed by atoms with Crippen molar-refractivity contribution in [2.75, 3.05) is 0 Å². The molecular formula is C11H11N3OS. The number of thiophene rings is 1. The Kier molecular flexibility index (Phi) is 3.16. The van der Waals surface area contributed by atoms with Crippen molar-refractivity contribution in [2.45, 2.75) is 6.92 Å². The number of aryl methyl sites for hydroxylation is 1. The van der Waals surface area contributed by atoms with E-state index in [0.29, 0.717) is 5.69 Å². The minimum atomic E-state index is -0.241. The highest BCUT2D eigenvalue weighted by Crippen LogP contribution is 2.12. The van der Waals surface area contributed by atoms with Crippen LogP contribution >= 0.6 is 11.3 Å². The molecule has 4 nitrogen and oxygen atoms in total. The standard InChI is InChI=1S/C11H11N3OS/c1-8-4-5-9(16-8)7-13-14-11(15)10-3-2-6-12-10/h2-7,12H,1H3,(H,14,15)/b13-7-. The lowest BCUT2D eigenvalue weighted by Crippen LogP contribution is -2.17. The molecule has 0 aliphatic carbocycles. The Bertz CT molecular complexity index is 499. The van der Waals surface area contributed by atoms with Crippen molar-refractivity contribution in [2.24, 2.45) is 5.10 Å². The molecular weight excluding hydrogens is 222 g/mol. The highest BCUT2D eigenvalue weighted by atomic mass is 32.1. The Labute approximate surface area is 97.0 Å². The quantitative estimate of drug-likeness (QED) is 0.619. The van der Waals surface area contributed by atoms with E-state index in [1.807, 2.05) is 19.1 Å². The van der Waals surface area contributed by atoms with Crippen LogP contribution in [-0.4, -0.2) is 17.1 Å². The summed E-state index contributed by atoms with van der Waals surface area (Å²) in [6.45, 7) is 2.03. The Balaban J connectivity index is 1.93. The van der Waals surface area contributed by atoms with Crippen molar-refractivity contribution in [3.05, 3.63) is 45.9 Å². The third-order valence-corrected chi connectivity index (χ3v) is 2.90. The molecule has 0 radical (unpaired) electrons. The van der Waals surface area contributed by atoms with Crippen LogP contribution in [0.5, 0.6) is 0 Å². The van der Waals surface area contributed by atoms with Crippen LogP contribution < -0.4 is 5.43 Å². The number of aromatic amines is 1. The predicted molar refractivity (Wildman–Crippen MR) is 64.9 cm³/mol. The first-order valence-corrected chi connectivity index (χ1v) is 5.60. The first kappa shape index (κ1) is 10.6. The molecule has 2 aromatic heterocycles. The van der Waals surface area contributed by atoms with Gasteiger partial charge in [-0.3, -0.25) is 4.79 Å². The lowest BCUT2D eigenvalue weighted by molar-refractivity contribution is 0.0951. The Morgan fingerprint density at radius 3 is 3.00 bits per heavy atom. The molecule has 5 heteroatoms. The van der Waals surface area contributed by atoms with Crippen molar-refractivity contribution in [3.8, 4) is 0 Å². The van der Waals surface area contributed by atoms with Crippen LogP contribution in [0.15, 0.2) is 35.6 Å². The second kappa shape index (κ2) is 4.76. The summed E-state index contributed by atoms with van der Waals surface area (Å²) in [4.78, 5) is 16.5. The molecule has 0 fully saturated rings. The van der Waals surface area contributed by atoms with Crippen LogP contribution in [0.1, 0.15) is 20.2 Å². The normalized spacial score (nSPS) is 10.8. The fraction of sp³-hybridized carbons (Fsp3) is 0.0909. The maximum Gasteiger partial charge on any atom is 0.287 e. The Morgan fingerprint density at radius 1 is 1.50 bits per heavy atom. The van der Waals surface area contributed by atoms with Gasteiger partial charge in [-0.1, -0.05) is 0 Å². The number of H-pyrrole nitrogens is 1. The summed E-state index contributed by atoms with van der Waals surface area (Å²) in [6, 6.07) is 7.44. The van der Waals surface area contributed by atoms with E-state index in [2.05, 4.69) is 15.5 Å². The third-order valence-electron chi connectivity index (χ3n) is 1.96. The van der Waals surface area contributed by atoms with Gasteiger partial charge in [-0.2, -0.15) is 5.10 Å². The number of carbonyl (C=O) groups is 1. The number of carbonyl (C=O) groups excluding carboxylic acids is 1. The smallest absolute Gasteiger partial charge is 0.287 e. The van der Waals surface area contributed by atoms with E-state index in [-0.39, 0.29) is 5.91 Å². The van der Waals surface area contributed by atoms with Gasteiger partial charge < -0.3 is 4.98 Å². The van der Waals surface area contributed by atoms with Crippen LogP contribution in [0, 0.1) is 6.92 Å². The number of aromatic nitrogens is 1. The number of amides is 1. The Morgan fingerprint density at radius 2 is 2.38 bits per heavy atom. The molecule has 0 aliphatic rings. The van der Waals surface area contributed by atoms with Crippen LogP contribution in [0.2, 0.25) is 0 Å². The second-order valence-corrected chi connectivity index (χ2v) is 4.55. The zero-order valence-electron chi connectivity index (χ0n) is 8.73. The van der Waals surface area contributed by atoms with Crippen LogP contribution in [0.4, 0.5) is 0 Å². The van der Waals surface area contributed by atoms with E-state index >= 15 is 0 Å². The maximum atomic E-state index is 11.4. The Hall–Kier alpha value is -1.88. The van der Waals surface area contributed by atoms with Crippen LogP contribution in [0.3, 0.4) is 0 Å². The fourth-order valence-corrected chi connectivity index (χ4v) is 1.96. The van der Waals surface area contributed by atoms with Gasteiger partial charge in [0.15, 0.2) is 0 Å². The van der Waals surface area contributed by atoms with Crippen molar-refractivity contribution in [1.29, 1.82) is 0 Å². The molecule has 0 aliphatic heterocycles. The average Bonchev–Trinajstić information content (AvgIpc) is 2.89. The van der Waals surface area contributed by atoms with Gasteiger partial charge >= 0.3 is 0 Å². The molecule has 2 heterocycles. The first-order chi connectivity index (χ1) is 7.75. The first-order valence-electron chi connectivity index (χ1n) is 4.79. The summed E-state index contributed by atoms with van der Waals surface area (Å²) < 4.78 is 0. The maximum absolute atomic E-state index is 11.4. The third kappa shape index (κ3) is 2.58. The SMILES string of the molecule is Cc1ccc(/C=N\NC(=O)c2ccc[nH]2)s1. The summed E-state index contributed by atoms with van der Waals surface area (Å²) >= 11 is 1.63. The van der Waals surface area contributed by atoms with Crippen LogP contribution in [-0.2, 0) is 0 Å². The molecule has 2 rings (SSSR count). The van der Waals surface area contributed by atoms with Crippen molar-refractivity contribution < 1.29 is 4.79 Å². The number of nitrogens with one attached hydrogen (secondary N) is 2. The molecule has 2 N–H and O–H groups in total. The van der Waals surface area contributed by atoms with Gasteiger partial charge in [0.25, 0.3) is 5.91 Å². The summed E-state index contributed by atoms with van der Waals surface area (Å²) in [5.41, 5.74) is 2.95. The van der Waals surface area contributed by atoms with Gasteiger partial charge in [-0.05, 0) is 31.2 Å². The zero-order valence-corrected chi connectivity index (χ0v) is 9.54. The number of rotatable bonds is 3. The molecule has 0 saturated carbocycles. The van der Waals surface area contributed by atoms with Crippen molar-refractivity contribution in [1.82, 2.24) is 10.4 Å². The number of hydrogen-bond donors (Lipinski definition) is 2. The molecule has 0 spiro atoms. The highest BCUT2D eigenvalue weighted by Gasteiger charge is 2.02. The molecule has 0 bridgehead atoms. The van der Waals surface area contributed by atoms with Gasteiger partial charge in [-0.25, -0.2) is 5.43 Å². The van der Waals surface area contributed by atoms with E-state index in [0.717, 1.165) is 4.88 Å². The molecule has 16 heavy (non-hydrogen) atoms. The topological polar surface area (TPSA) is 57.2 Å². The zero-order chi connectivity index (χ0) is 11.4. The fourth-order valence-electron chi connectivity index (χ4n) is 1.21. The van der Waals surface area contributed by atoms with E-state index in [9.17, 15) is 4.79 Å². The summed E-state index contributed by atoms with van der Waals surface area (Å²) in [5, 5.41) is 3.88. The summed E-state index contributed by atoms with van der Waals surface area (Å²) in [6.07, 6.45) is 3.33. The summed E-state index contributed by atoms with van der Waals surface area (Å²) in [7, 11) is 0. The molecule has 0 atom stereocenters. The number of hydrazone groups is 1. The second-order valence-electron chi connectivity index (χ2n) is 3.23. The highest BCUT2D eigenvalue weighted by molar-refractivity contribution is 7.13. The van der Waals surface area contributed by atoms with E-state index in [4.69, 9.17) is 0 Å². The van der Waals surface area contributed by atoms with Crippen molar-refractivity contribution in [3.63, 3.8) is 0 Å². The molecule has 2 aromatic rings. The van der Waals surface area contributed by atoms with Gasteiger partial charge in [0.05, 0.1) is 6.21 Å². The lowest BCUT2D eigenvalue weighted by atomic mass is 10.4. The predicted octanol–water partition coefficient (Wildman–Crippen LogP) is 2.15. The monoisotopic (exact) mass is 233 g/mol. The molecule has 0 unspecified atom stereocenters. The van der Waals surface area contributed by atoms with Gasteiger partial charge in [0, 0.05) is 16.0 Å². The van der Waals surface area contributed by atoms with Gasteiger partial charge in [-0.15, -0.1) is 11.3 Å². The largest absolute Gasteiger partial charge is 0.357 e. The minimum Gasteiger partial charge on any atom is -0.357 e. The number of nitrogens with zero attached hydrogens (tertiary/aromatic N) is 1. The molecule has 0 aromatic carbocycles. The van der Waals surface area contributed by atoms with Gasteiger partial charge in [0.1, 0.15) is 5.69 Å². The average molecular weight is 233 g/mol.